The highest BCUT2D eigenvalue weighted by atomic mass is 35.5. The van der Waals surface area contributed by atoms with Crippen molar-refractivity contribution in [2.45, 2.75) is 75.1 Å². The van der Waals surface area contributed by atoms with E-state index in [1.165, 1.54) is 11.1 Å². The van der Waals surface area contributed by atoms with Gasteiger partial charge in [0, 0.05) is 42.7 Å². The topological polar surface area (TPSA) is 123 Å². The number of anilines is 1. The molecule has 12 heteroatoms. The van der Waals surface area contributed by atoms with E-state index in [0.717, 1.165) is 42.8 Å². The Morgan fingerprint density at radius 1 is 1.18 bits per heavy atom. The van der Waals surface area contributed by atoms with Gasteiger partial charge in [-0.15, -0.1) is 0 Å². The molecule has 0 unspecified atom stereocenters. The van der Waals surface area contributed by atoms with Gasteiger partial charge >= 0.3 is 0 Å². The number of allylic oxidation sites excluding steroid dienone is 1. The number of methoxy groups -OCH3 is 1. The molecule has 1 fully saturated rings. The van der Waals surface area contributed by atoms with E-state index in [-0.39, 0.29) is 41.4 Å². The van der Waals surface area contributed by atoms with Gasteiger partial charge in [-0.2, -0.15) is 0 Å². The molecule has 266 valence electrons. The Hall–Kier alpha value is -3.12. The fourth-order valence-electron chi connectivity index (χ4n) is 7.99. The molecule has 1 spiro atoms. The van der Waals surface area contributed by atoms with Crippen LogP contribution in [-0.2, 0) is 36.1 Å². The molecule has 0 radical (unpaired) electrons. The second kappa shape index (κ2) is 15.4. The molecule has 2 aromatic carbocycles. The van der Waals surface area contributed by atoms with Crippen LogP contribution in [0.1, 0.15) is 73.4 Å². The zero-order valence-electron chi connectivity index (χ0n) is 28.4. The number of carbonyl (C=O) groups excluding carboxylic acids is 2. The molecule has 49 heavy (non-hydrogen) atoms. The third-order valence-electron chi connectivity index (χ3n) is 10.8. The summed E-state index contributed by atoms with van der Waals surface area (Å²) in [6.07, 6.45) is 9.73. The van der Waals surface area contributed by atoms with Crippen LogP contribution in [0.3, 0.4) is 0 Å². The lowest BCUT2D eigenvalue weighted by molar-refractivity contribution is -0.129. The van der Waals surface area contributed by atoms with Gasteiger partial charge in [0.1, 0.15) is 12.4 Å². The zero-order chi connectivity index (χ0) is 34.6. The van der Waals surface area contributed by atoms with E-state index in [1.807, 2.05) is 25.1 Å². The van der Waals surface area contributed by atoms with Gasteiger partial charge in [-0.1, -0.05) is 36.7 Å². The van der Waals surface area contributed by atoms with Gasteiger partial charge in [0.25, 0.3) is 5.91 Å². The molecular weight excluding hydrogens is 666 g/mol. The van der Waals surface area contributed by atoms with Crippen molar-refractivity contribution in [3.05, 3.63) is 70.3 Å². The van der Waals surface area contributed by atoms with E-state index in [4.69, 9.17) is 25.8 Å². The minimum absolute atomic E-state index is 0.0772. The molecule has 1 saturated carbocycles. The van der Waals surface area contributed by atoms with Crippen LogP contribution in [0.5, 0.6) is 5.75 Å². The van der Waals surface area contributed by atoms with Gasteiger partial charge in [-0.05, 0) is 105 Å². The largest absolute Gasteiger partial charge is 0.490 e. The molecule has 2 amide bonds. The third-order valence-corrected chi connectivity index (χ3v) is 12.9. The van der Waals surface area contributed by atoms with Crippen molar-refractivity contribution in [2.75, 3.05) is 51.5 Å². The number of hydrogen-bond acceptors (Lipinski definition) is 8. The lowest BCUT2D eigenvalue weighted by atomic mass is 9.68. The highest BCUT2D eigenvalue weighted by molar-refractivity contribution is 7.90. The highest BCUT2D eigenvalue weighted by Crippen LogP contribution is 2.47. The van der Waals surface area contributed by atoms with Gasteiger partial charge in [0.2, 0.25) is 15.9 Å². The molecule has 2 aromatic rings. The predicted octanol–water partition coefficient (Wildman–Crippen LogP) is 5.18. The Labute approximate surface area is 294 Å². The number of nitrogens with one attached hydrogen (secondary N) is 2. The Kier molecular flexibility index (Phi) is 11.2. The Bertz CT molecular complexity index is 1670. The maximum absolute atomic E-state index is 13.5. The lowest BCUT2D eigenvalue weighted by Crippen LogP contribution is -2.50. The Morgan fingerprint density at radius 2 is 2.04 bits per heavy atom. The van der Waals surface area contributed by atoms with Crippen molar-refractivity contribution in [1.29, 1.82) is 0 Å². The van der Waals surface area contributed by atoms with Crippen LogP contribution in [0, 0.1) is 11.8 Å². The van der Waals surface area contributed by atoms with Gasteiger partial charge in [0.05, 0.1) is 30.3 Å². The number of amides is 2. The number of nitrogens with zero attached hydrogens (tertiary/aromatic N) is 1. The zero-order valence-corrected chi connectivity index (χ0v) is 30.0. The van der Waals surface area contributed by atoms with Crippen molar-refractivity contribution >= 4 is 39.1 Å². The van der Waals surface area contributed by atoms with Crippen LogP contribution in [-0.4, -0.2) is 78.2 Å². The van der Waals surface area contributed by atoms with Crippen molar-refractivity contribution in [3.63, 3.8) is 0 Å². The Balaban J connectivity index is 1.36. The maximum atomic E-state index is 13.5. The number of sulfonamides is 1. The number of fused-ring (bicyclic) bond motifs is 4. The van der Waals surface area contributed by atoms with E-state index in [1.54, 1.807) is 25.3 Å². The number of benzene rings is 2. The van der Waals surface area contributed by atoms with E-state index < -0.39 is 21.2 Å². The summed E-state index contributed by atoms with van der Waals surface area (Å²) < 4.78 is 47.1. The average Bonchev–Trinajstić information content (AvgIpc) is 3.21. The maximum Gasteiger partial charge on any atom is 0.264 e. The summed E-state index contributed by atoms with van der Waals surface area (Å²) in [7, 11) is -2.35. The number of ether oxygens (including phenoxy) is 3. The summed E-state index contributed by atoms with van der Waals surface area (Å²) in [5, 5.41) is 2.81. The molecule has 0 saturated heterocycles. The van der Waals surface area contributed by atoms with Crippen LogP contribution < -0.4 is 19.7 Å². The third kappa shape index (κ3) is 7.95. The van der Waals surface area contributed by atoms with Crippen LogP contribution in [0.15, 0.2) is 48.6 Å². The normalized spacial score (nSPS) is 28.6. The van der Waals surface area contributed by atoms with Crippen LogP contribution in [0.2, 0.25) is 5.02 Å². The van der Waals surface area contributed by atoms with E-state index in [0.29, 0.717) is 57.9 Å². The average molecular weight is 714 g/mol. The molecule has 5 atom stereocenters. The molecule has 10 nitrogen and oxygen atoms in total. The number of halogens is 1. The van der Waals surface area contributed by atoms with E-state index in [2.05, 4.69) is 27.1 Å². The molecule has 2 N–H and O–H groups in total. The fourth-order valence-corrected chi connectivity index (χ4v) is 9.62. The van der Waals surface area contributed by atoms with Crippen molar-refractivity contribution < 1.29 is 32.2 Å². The van der Waals surface area contributed by atoms with Crippen LogP contribution in [0.4, 0.5) is 5.69 Å². The molecule has 2 bridgehead atoms. The second-order valence-electron chi connectivity index (χ2n) is 13.9. The molecular formula is C37H48ClN3O7S. The summed E-state index contributed by atoms with van der Waals surface area (Å²) >= 11 is 6.44. The van der Waals surface area contributed by atoms with E-state index >= 15 is 0 Å². The molecule has 2 aliphatic heterocycles. The smallest absolute Gasteiger partial charge is 0.264 e. The summed E-state index contributed by atoms with van der Waals surface area (Å²) in [6.45, 7) is 4.40. The van der Waals surface area contributed by atoms with Crippen LogP contribution in [0.25, 0.3) is 0 Å². The molecule has 2 aliphatic carbocycles. The van der Waals surface area contributed by atoms with Gasteiger partial charge in [0.15, 0.2) is 0 Å². The SMILES string of the molecule is CC[C@@H]1CC/C=C\[C@H](OCC(=O)NCCOC)[C@@H]2CC[C@H]2CN2C[C@@]3(CCCc4cc(Cl)ccc43)COc3ccc(cc32)C(=O)NS1(=O)=O. The van der Waals surface area contributed by atoms with E-state index in [9.17, 15) is 18.0 Å². The minimum atomic E-state index is -3.94. The van der Waals surface area contributed by atoms with Gasteiger partial charge < -0.3 is 24.4 Å². The lowest BCUT2D eigenvalue weighted by Gasteiger charge is -2.46. The highest BCUT2D eigenvalue weighted by Gasteiger charge is 2.44. The van der Waals surface area contributed by atoms with Crippen molar-refractivity contribution in [1.82, 2.24) is 10.0 Å². The Morgan fingerprint density at radius 3 is 2.82 bits per heavy atom. The number of carbonyl (C=O) groups is 2. The molecule has 2 heterocycles. The molecule has 4 aliphatic rings. The number of hydrogen-bond donors (Lipinski definition) is 2. The summed E-state index contributed by atoms with van der Waals surface area (Å²) in [5.74, 6) is 0.247. The molecule has 0 aromatic heterocycles. The molecule has 6 rings (SSSR count). The summed E-state index contributed by atoms with van der Waals surface area (Å²) in [6, 6.07) is 11.4. The minimum Gasteiger partial charge on any atom is -0.490 e. The summed E-state index contributed by atoms with van der Waals surface area (Å²) in [4.78, 5) is 28.4. The first-order valence-corrected chi connectivity index (χ1v) is 19.5. The first kappa shape index (κ1) is 35.7. The van der Waals surface area contributed by atoms with Gasteiger partial charge in [-0.25, -0.2) is 13.1 Å². The number of aryl methyl sites for hydroxylation is 1. The first-order valence-electron chi connectivity index (χ1n) is 17.5. The predicted molar refractivity (Wildman–Crippen MR) is 190 cm³/mol. The fraction of sp³-hybridized carbons (Fsp3) is 0.568. The van der Waals surface area contributed by atoms with Crippen molar-refractivity contribution in [3.8, 4) is 5.75 Å². The quantitative estimate of drug-likeness (QED) is 0.298. The first-order chi connectivity index (χ1) is 23.6. The standard InChI is InChI=1S/C37H48ClN3O7S/c1-3-29-8-4-5-9-33(47-22-35(42)39-17-18-46-2)30-13-10-27(30)21-41-23-37(16-6-7-25-19-28(38)12-14-31(25)37)24-48-34-15-11-26(20-32(34)41)36(43)40-49(29,44)45/h5,9,11-12,14-15,19-20,27,29-30,33H,3-4,6-8,10,13,16-18,21-24H2,1-2H3,(H,39,42)(H,40,43)/b9-5-/t27-,29+,30+,33-,37-/m0/s1. The monoisotopic (exact) mass is 713 g/mol. The second-order valence-corrected chi connectivity index (χ2v) is 16.3. The summed E-state index contributed by atoms with van der Waals surface area (Å²) in [5.41, 5.74) is 3.23. The number of rotatable bonds is 7. The van der Waals surface area contributed by atoms with Gasteiger partial charge in [-0.3, -0.25) is 9.59 Å². The van der Waals surface area contributed by atoms with Crippen LogP contribution >= 0.6 is 11.6 Å². The van der Waals surface area contributed by atoms with Crippen molar-refractivity contribution in [2.24, 2.45) is 11.8 Å².